The summed E-state index contributed by atoms with van der Waals surface area (Å²) in [6.45, 7) is 7.98. The highest BCUT2D eigenvalue weighted by Gasteiger charge is 2.05. The molecule has 0 saturated carbocycles. The van der Waals surface area contributed by atoms with Crippen molar-refractivity contribution in [1.82, 2.24) is 9.55 Å². The maximum Gasteiger partial charge on any atom is 0.106 e. The first-order valence-electron chi connectivity index (χ1n) is 5.19. The van der Waals surface area contributed by atoms with Crippen molar-refractivity contribution in [3.05, 3.63) is 28.5 Å². The number of rotatable bonds is 0. The van der Waals surface area contributed by atoms with Crippen LogP contribution in [0.1, 0.15) is 25.2 Å². The first-order chi connectivity index (χ1) is 7.09. The molecule has 0 N–H and O–H groups in total. The molecule has 0 unspecified atom stereocenters. The topological polar surface area (TPSA) is 17.8 Å². The zero-order valence-electron chi connectivity index (χ0n) is 9.93. The van der Waals surface area contributed by atoms with Gasteiger partial charge in [0.2, 0.25) is 0 Å². The molecule has 0 aliphatic rings. The fourth-order valence-electron chi connectivity index (χ4n) is 1.44. The molecule has 1 aromatic heterocycles. The zero-order valence-corrected chi connectivity index (χ0v) is 10.7. The Balaban J connectivity index is 0.000000531. The van der Waals surface area contributed by atoms with Gasteiger partial charge in [0.25, 0.3) is 0 Å². The number of hydrogen-bond donors (Lipinski definition) is 0. The van der Waals surface area contributed by atoms with E-state index in [2.05, 4.69) is 4.98 Å². The summed E-state index contributed by atoms with van der Waals surface area (Å²) >= 11 is 6.03. The van der Waals surface area contributed by atoms with Crippen molar-refractivity contribution in [2.75, 3.05) is 0 Å². The molecular weight excluding hydrogens is 208 g/mol. The van der Waals surface area contributed by atoms with Gasteiger partial charge in [-0.05, 0) is 31.5 Å². The van der Waals surface area contributed by atoms with E-state index in [9.17, 15) is 0 Å². The van der Waals surface area contributed by atoms with E-state index in [1.54, 1.807) is 0 Å². The van der Waals surface area contributed by atoms with E-state index in [1.165, 1.54) is 0 Å². The Morgan fingerprint density at radius 3 is 2.40 bits per heavy atom. The van der Waals surface area contributed by atoms with Gasteiger partial charge >= 0.3 is 0 Å². The number of aryl methyl sites for hydroxylation is 3. The van der Waals surface area contributed by atoms with Gasteiger partial charge < -0.3 is 4.57 Å². The van der Waals surface area contributed by atoms with E-state index in [1.807, 2.05) is 51.4 Å². The minimum atomic E-state index is 0.801. The van der Waals surface area contributed by atoms with Crippen LogP contribution in [-0.2, 0) is 7.05 Å². The summed E-state index contributed by atoms with van der Waals surface area (Å²) in [5.74, 6) is 1.01. The van der Waals surface area contributed by atoms with Crippen molar-refractivity contribution in [3.8, 4) is 0 Å². The average molecular weight is 225 g/mol. The molecule has 0 fully saturated rings. The molecule has 2 nitrogen and oxygen atoms in total. The van der Waals surface area contributed by atoms with Crippen molar-refractivity contribution < 1.29 is 0 Å². The number of halogens is 1. The van der Waals surface area contributed by atoms with E-state index < -0.39 is 0 Å². The third-order valence-electron chi connectivity index (χ3n) is 2.38. The minimum Gasteiger partial charge on any atom is -0.331 e. The third kappa shape index (κ3) is 2.15. The van der Waals surface area contributed by atoms with Crippen molar-refractivity contribution in [2.45, 2.75) is 27.7 Å². The summed E-state index contributed by atoms with van der Waals surface area (Å²) in [6.07, 6.45) is 0. The number of imidazole rings is 1. The molecule has 0 atom stereocenters. The molecule has 0 aliphatic carbocycles. The van der Waals surface area contributed by atoms with Gasteiger partial charge in [0.05, 0.1) is 11.0 Å². The quantitative estimate of drug-likeness (QED) is 0.664. The maximum atomic E-state index is 6.03. The summed E-state index contributed by atoms with van der Waals surface area (Å²) in [5.41, 5.74) is 3.18. The molecule has 3 heteroatoms. The molecule has 0 saturated heterocycles. The molecule has 0 radical (unpaired) electrons. The van der Waals surface area contributed by atoms with Crippen LogP contribution < -0.4 is 0 Å². The van der Waals surface area contributed by atoms with Crippen molar-refractivity contribution in [2.24, 2.45) is 7.05 Å². The first kappa shape index (κ1) is 12.1. The van der Waals surface area contributed by atoms with E-state index in [0.29, 0.717) is 0 Å². The highest BCUT2D eigenvalue weighted by Crippen LogP contribution is 2.23. The zero-order chi connectivity index (χ0) is 11.6. The molecule has 2 rings (SSSR count). The van der Waals surface area contributed by atoms with E-state index in [4.69, 9.17) is 11.6 Å². The predicted octanol–water partition coefficient (Wildman–Crippen LogP) is 3.87. The van der Waals surface area contributed by atoms with Crippen LogP contribution in [-0.4, -0.2) is 9.55 Å². The lowest BCUT2D eigenvalue weighted by molar-refractivity contribution is 0.886. The Labute approximate surface area is 95.9 Å². The van der Waals surface area contributed by atoms with Crippen molar-refractivity contribution in [1.29, 1.82) is 0 Å². The Kier molecular flexibility index (Phi) is 3.75. The van der Waals surface area contributed by atoms with Gasteiger partial charge in [0.15, 0.2) is 0 Å². The molecule has 0 aliphatic heterocycles. The van der Waals surface area contributed by atoms with Crippen LogP contribution in [0.3, 0.4) is 0 Å². The Bertz CT molecular complexity index is 472. The van der Waals surface area contributed by atoms with Crippen LogP contribution in [0.25, 0.3) is 11.0 Å². The molecule has 1 heterocycles. The first-order valence-corrected chi connectivity index (χ1v) is 5.56. The molecular formula is C12H17ClN2. The minimum absolute atomic E-state index is 0.801. The SMILES string of the molecule is CC.Cc1cc2nc(C)n(C)c2cc1Cl. The molecule has 0 bridgehead atoms. The second-order valence-corrected chi connectivity index (χ2v) is 3.72. The van der Waals surface area contributed by atoms with Crippen molar-refractivity contribution in [3.63, 3.8) is 0 Å². The number of fused-ring (bicyclic) bond motifs is 1. The van der Waals surface area contributed by atoms with E-state index in [0.717, 1.165) is 27.4 Å². The van der Waals surface area contributed by atoms with Gasteiger partial charge in [-0.2, -0.15) is 0 Å². The van der Waals surface area contributed by atoms with Crippen LogP contribution in [0.15, 0.2) is 12.1 Å². The average Bonchev–Trinajstić information content (AvgIpc) is 2.49. The van der Waals surface area contributed by atoms with Gasteiger partial charge in [-0.25, -0.2) is 4.98 Å². The monoisotopic (exact) mass is 224 g/mol. The predicted molar refractivity (Wildman–Crippen MR) is 66.5 cm³/mol. The van der Waals surface area contributed by atoms with E-state index in [-0.39, 0.29) is 0 Å². The Hall–Kier alpha value is -1.02. The number of aromatic nitrogens is 2. The van der Waals surface area contributed by atoms with Crippen molar-refractivity contribution >= 4 is 22.6 Å². The summed E-state index contributed by atoms with van der Waals surface area (Å²) in [5, 5.41) is 0.801. The van der Waals surface area contributed by atoms with Crippen LogP contribution >= 0.6 is 11.6 Å². The highest BCUT2D eigenvalue weighted by atomic mass is 35.5. The van der Waals surface area contributed by atoms with Gasteiger partial charge in [-0.1, -0.05) is 25.4 Å². The van der Waals surface area contributed by atoms with Gasteiger partial charge in [-0.3, -0.25) is 0 Å². The fourth-order valence-corrected chi connectivity index (χ4v) is 1.60. The summed E-state index contributed by atoms with van der Waals surface area (Å²) < 4.78 is 2.04. The summed E-state index contributed by atoms with van der Waals surface area (Å²) in [4.78, 5) is 4.42. The maximum absolute atomic E-state index is 6.03. The standard InChI is InChI=1S/C10H11ClN2.C2H6/c1-6-4-9-10(5-8(6)11)13(3)7(2)12-9;1-2/h4-5H,1-3H3;1-2H3. The molecule has 82 valence electrons. The second kappa shape index (κ2) is 4.67. The third-order valence-corrected chi connectivity index (χ3v) is 2.79. The molecule has 0 amide bonds. The number of nitrogens with zero attached hydrogens (tertiary/aromatic N) is 2. The Morgan fingerprint density at radius 2 is 1.80 bits per heavy atom. The summed E-state index contributed by atoms with van der Waals surface area (Å²) in [7, 11) is 2.00. The van der Waals surface area contributed by atoms with Crippen LogP contribution in [0.4, 0.5) is 0 Å². The van der Waals surface area contributed by atoms with Gasteiger partial charge in [-0.15, -0.1) is 0 Å². The second-order valence-electron chi connectivity index (χ2n) is 3.31. The lowest BCUT2D eigenvalue weighted by Crippen LogP contribution is -1.90. The Morgan fingerprint density at radius 1 is 1.20 bits per heavy atom. The molecule has 2 aromatic rings. The highest BCUT2D eigenvalue weighted by molar-refractivity contribution is 6.32. The fraction of sp³-hybridized carbons (Fsp3) is 0.417. The normalized spacial score (nSPS) is 10.0. The van der Waals surface area contributed by atoms with Gasteiger partial charge in [0, 0.05) is 12.1 Å². The van der Waals surface area contributed by atoms with Crippen LogP contribution in [0.2, 0.25) is 5.02 Å². The lowest BCUT2D eigenvalue weighted by Gasteiger charge is -1.99. The number of hydrogen-bond acceptors (Lipinski definition) is 1. The van der Waals surface area contributed by atoms with Crippen LogP contribution in [0.5, 0.6) is 0 Å². The molecule has 0 spiro atoms. The molecule has 15 heavy (non-hydrogen) atoms. The molecule has 1 aromatic carbocycles. The smallest absolute Gasteiger partial charge is 0.106 e. The lowest BCUT2D eigenvalue weighted by atomic mass is 10.2. The van der Waals surface area contributed by atoms with Crippen LogP contribution in [0, 0.1) is 13.8 Å². The summed E-state index contributed by atoms with van der Waals surface area (Å²) in [6, 6.07) is 3.98. The van der Waals surface area contributed by atoms with Gasteiger partial charge in [0.1, 0.15) is 5.82 Å². The largest absolute Gasteiger partial charge is 0.331 e. The number of benzene rings is 1. The van der Waals surface area contributed by atoms with E-state index >= 15 is 0 Å².